The SMILES string of the molecule is Cc1ccc(S(=O)(=O)N[C@H](CN=[N+]=[N-])[C@](C)(Oc2ccccc2)c2ccccc2)cc1. The predicted molar refractivity (Wildman–Crippen MR) is 120 cm³/mol. The van der Waals surface area contributed by atoms with E-state index in [1.54, 1.807) is 43.3 Å². The maximum Gasteiger partial charge on any atom is 0.240 e. The molecular formula is C23H24N4O3S. The van der Waals surface area contributed by atoms with E-state index in [4.69, 9.17) is 10.3 Å². The van der Waals surface area contributed by atoms with Crippen molar-refractivity contribution in [3.63, 3.8) is 0 Å². The zero-order chi connectivity index (χ0) is 22.3. The second kappa shape index (κ2) is 9.66. The van der Waals surface area contributed by atoms with E-state index in [1.807, 2.05) is 55.5 Å². The number of para-hydroxylation sites is 1. The minimum Gasteiger partial charge on any atom is -0.481 e. The van der Waals surface area contributed by atoms with E-state index in [1.165, 1.54) is 0 Å². The van der Waals surface area contributed by atoms with Crippen molar-refractivity contribution in [1.82, 2.24) is 4.72 Å². The van der Waals surface area contributed by atoms with Gasteiger partial charge in [-0.3, -0.25) is 0 Å². The van der Waals surface area contributed by atoms with Crippen LogP contribution in [0.15, 0.2) is 94.9 Å². The highest BCUT2D eigenvalue weighted by atomic mass is 32.2. The smallest absolute Gasteiger partial charge is 0.240 e. The summed E-state index contributed by atoms with van der Waals surface area (Å²) in [7, 11) is -3.90. The highest BCUT2D eigenvalue weighted by Gasteiger charge is 2.40. The maximum atomic E-state index is 13.1. The fourth-order valence-electron chi connectivity index (χ4n) is 3.25. The molecule has 0 spiro atoms. The third kappa shape index (κ3) is 5.44. The fraction of sp³-hybridized carbons (Fsp3) is 0.217. The second-order valence-electron chi connectivity index (χ2n) is 7.29. The number of azide groups is 1. The first-order chi connectivity index (χ1) is 14.8. The summed E-state index contributed by atoms with van der Waals surface area (Å²) in [5.41, 5.74) is 9.46. The quantitative estimate of drug-likeness (QED) is 0.292. The van der Waals surface area contributed by atoms with Crippen molar-refractivity contribution >= 4 is 10.0 Å². The molecule has 0 fully saturated rings. The summed E-state index contributed by atoms with van der Waals surface area (Å²) >= 11 is 0. The first kappa shape index (κ1) is 22.4. The molecule has 0 heterocycles. The Balaban J connectivity index is 2.06. The molecule has 0 aliphatic heterocycles. The minimum absolute atomic E-state index is 0.124. The second-order valence-corrected chi connectivity index (χ2v) is 9.00. The van der Waals surface area contributed by atoms with Crippen LogP contribution in [0.4, 0.5) is 0 Å². The molecule has 0 saturated carbocycles. The molecule has 31 heavy (non-hydrogen) atoms. The van der Waals surface area contributed by atoms with E-state index >= 15 is 0 Å². The number of aryl methyl sites for hydroxylation is 1. The highest BCUT2D eigenvalue weighted by Crippen LogP contribution is 2.32. The first-order valence-electron chi connectivity index (χ1n) is 9.74. The number of nitrogens with one attached hydrogen (secondary N) is 1. The number of sulfonamides is 1. The van der Waals surface area contributed by atoms with E-state index in [9.17, 15) is 8.42 Å². The Labute approximate surface area is 182 Å². The van der Waals surface area contributed by atoms with Gasteiger partial charge in [-0.1, -0.05) is 71.3 Å². The first-order valence-corrected chi connectivity index (χ1v) is 11.2. The topological polar surface area (TPSA) is 104 Å². The standard InChI is InChI=1S/C23H24N4O3S/c1-18-13-15-21(16-14-18)31(28,29)26-22(17-25-27-24)23(2,19-9-5-3-6-10-19)30-20-11-7-4-8-12-20/h3-16,22,26H,17H2,1-2H3/t22-,23-/m1/s1. The summed E-state index contributed by atoms with van der Waals surface area (Å²) in [5, 5.41) is 3.67. The number of hydrogen-bond acceptors (Lipinski definition) is 4. The molecule has 3 aromatic rings. The van der Waals surface area contributed by atoms with Gasteiger partial charge in [0.2, 0.25) is 10.0 Å². The largest absolute Gasteiger partial charge is 0.481 e. The molecule has 0 amide bonds. The van der Waals surface area contributed by atoms with E-state index in [0.717, 1.165) is 11.1 Å². The fourth-order valence-corrected chi connectivity index (χ4v) is 4.55. The Morgan fingerprint density at radius 2 is 1.58 bits per heavy atom. The van der Waals surface area contributed by atoms with Gasteiger partial charge in [-0.2, -0.15) is 0 Å². The van der Waals surface area contributed by atoms with Gasteiger partial charge in [-0.15, -0.1) is 0 Å². The number of benzene rings is 3. The Hall–Kier alpha value is -3.32. The molecule has 0 aromatic heterocycles. The molecule has 160 valence electrons. The van der Waals surface area contributed by atoms with Crippen LogP contribution in [-0.2, 0) is 15.6 Å². The molecule has 0 radical (unpaired) electrons. The monoisotopic (exact) mass is 436 g/mol. The van der Waals surface area contributed by atoms with Gasteiger partial charge in [-0.05, 0) is 49.2 Å². The van der Waals surface area contributed by atoms with Crippen LogP contribution in [-0.4, -0.2) is 21.0 Å². The Morgan fingerprint density at radius 1 is 1.00 bits per heavy atom. The van der Waals surface area contributed by atoms with Crippen molar-refractivity contribution in [2.45, 2.75) is 30.4 Å². The number of rotatable bonds is 9. The summed E-state index contributed by atoms with van der Waals surface area (Å²) in [4.78, 5) is 2.96. The summed E-state index contributed by atoms with van der Waals surface area (Å²) in [6, 6.07) is 24.1. The van der Waals surface area contributed by atoms with Crippen LogP contribution in [0.1, 0.15) is 18.1 Å². The lowest BCUT2D eigenvalue weighted by atomic mass is 9.88. The van der Waals surface area contributed by atoms with Crippen molar-refractivity contribution in [1.29, 1.82) is 0 Å². The van der Waals surface area contributed by atoms with Crippen LogP contribution in [0.25, 0.3) is 10.4 Å². The van der Waals surface area contributed by atoms with Crippen LogP contribution in [0, 0.1) is 6.92 Å². The molecule has 7 nitrogen and oxygen atoms in total. The highest BCUT2D eigenvalue weighted by molar-refractivity contribution is 7.89. The van der Waals surface area contributed by atoms with Crippen LogP contribution in [0.3, 0.4) is 0 Å². The van der Waals surface area contributed by atoms with Gasteiger partial charge in [0.1, 0.15) is 11.4 Å². The predicted octanol–water partition coefficient (Wildman–Crippen LogP) is 4.95. The van der Waals surface area contributed by atoms with Gasteiger partial charge in [0.15, 0.2) is 0 Å². The summed E-state index contributed by atoms with van der Waals surface area (Å²) in [6.07, 6.45) is 0. The zero-order valence-electron chi connectivity index (χ0n) is 17.3. The van der Waals surface area contributed by atoms with E-state index < -0.39 is 21.7 Å². The third-order valence-electron chi connectivity index (χ3n) is 5.04. The minimum atomic E-state index is -3.90. The van der Waals surface area contributed by atoms with Crippen molar-refractivity contribution in [3.05, 3.63) is 106 Å². The van der Waals surface area contributed by atoms with Gasteiger partial charge >= 0.3 is 0 Å². The molecule has 0 saturated heterocycles. The number of hydrogen-bond donors (Lipinski definition) is 1. The molecule has 2 atom stereocenters. The average Bonchev–Trinajstić information content (AvgIpc) is 2.78. The van der Waals surface area contributed by atoms with Gasteiger partial charge in [-0.25, -0.2) is 13.1 Å². The van der Waals surface area contributed by atoms with Crippen molar-refractivity contribution < 1.29 is 13.2 Å². The Kier molecular flexibility index (Phi) is 6.97. The maximum absolute atomic E-state index is 13.1. The zero-order valence-corrected chi connectivity index (χ0v) is 18.2. The average molecular weight is 437 g/mol. The van der Waals surface area contributed by atoms with Gasteiger partial charge in [0.25, 0.3) is 0 Å². The van der Waals surface area contributed by atoms with Gasteiger partial charge in [0, 0.05) is 11.5 Å². The molecule has 8 heteroatoms. The van der Waals surface area contributed by atoms with Crippen LogP contribution in [0.5, 0.6) is 5.75 Å². The van der Waals surface area contributed by atoms with Gasteiger partial charge < -0.3 is 4.74 Å². The van der Waals surface area contributed by atoms with Crippen molar-refractivity contribution in [2.75, 3.05) is 6.54 Å². The van der Waals surface area contributed by atoms with Crippen molar-refractivity contribution in [3.8, 4) is 5.75 Å². The summed E-state index contributed by atoms with van der Waals surface area (Å²) < 4.78 is 35.3. The molecule has 0 unspecified atom stereocenters. The van der Waals surface area contributed by atoms with Crippen LogP contribution >= 0.6 is 0 Å². The van der Waals surface area contributed by atoms with E-state index in [0.29, 0.717) is 5.75 Å². The molecule has 3 aromatic carbocycles. The van der Waals surface area contributed by atoms with Crippen molar-refractivity contribution in [2.24, 2.45) is 5.11 Å². The molecule has 0 bridgehead atoms. The normalized spacial score (nSPS) is 14.1. The molecule has 3 rings (SSSR count). The molecule has 0 aliphatic carbocycles. The van der Waals surface area contributed by atoms with E-state index in [-0.39, 0.29) is 11.4 Å². The Morgan fingerprint density at radius 3 is 2.16 bits per heavy atom. The third-order valence-corrected chi connectivity index (χ3v) is 6.53. The van der Waals surface area contributed by atoms with Crippen LogP contribution in [0.2, 0.25) is 0 Å². The summed E-state index contributed by atoms with van der Waals surface area (Å²) in [5.74, 6) is 0.564. The van der Waals surface area contributed by atoms with Crippen LogP contribution < -0.4 is 9.46 Å². The number of nitrogens with zero attached hydrogens (tertiary/aromatic N) is 3. The molecule has 1 N–H and O–H groups in total. The van der Waals surface area contributed by atoms with Gasteiger partial charge in [0.05, 0.1) is 10.9 Å². The lowest BCUT2D eigenvalue weighted by Gasteiger charge is -2.38. The lowest BCUT2D eigenvalue weighted by Crippen LogP contribution is -2.53. The van der Waals surface area contributed by atoms with E-state index in [2.05, 4.69) is 14.7 Å². The molecule has 0 aliphatic rings. The Bertz CT molecular complexity index is 1150. The number of ether oxygens (including phenoxy) is 1. The molecular weight excluding hydrogens is 412 g/mol. The lowest BCUT2D eigenvalue weighted by molar-refractivity contribution is 0.0540. The summed E-state index contributed by atoms with van der Waals surface area (Å²) in [6.45, 7) is 3.53.